The third-order valence-corrected chi connectivity index (χ3v) is 2.50. The van der Waals surface area contributed by atoms with Crippen LogP contribution in [0.15, 0.2) is 36.7 Å². The van der Waals surface area contributed by atoms with Crippen molar-refractivity contribution in [3.8, 4) is 5.75 Å². The zero-order chi connectivity index (χ0) is 14.5. The molecule has 3 N–H and O–H groups in total. The molecule has 2 aromatic rings. The third kappa shape index (κ3) is 3.23. The molecule has 6 heteroatoms. The molecular weight excluding hydrogens is 256 g/mol. The van der Waals surface area contributed by atoms with Gasteiger partial charge in [0.2, 0.25) is 0 Å². The predicted molar refractivity (Wildman–Crippen MR) is 76.9 cm³/mol. The molecule has 0 radical (unpaired) electrons. The molecule has 0 aliphatic heterocycles. The van der Waals surface area contributed by atoms with Crippen molar-refractivity contribution in [1.29, 1.82) is 0 Å². The van der Waals surface area contributed by atoms with Crippen LogP contribution in [0.25, 0.3) is 0 Å². The monoisotopic (exact) mass is 272 g/mol. The first-order valence-electron chi connectivity index (χ1n) is 6.25. The van der Waals surface area contributed by atoms with E-state index in [1.807, 2.05) is 13.8 Å². The highest BCUT2D eigenvalue weighted by molar-refractivity contribution is 6.07. The molecular formula is C14H16N4O2. The summed E-state index contributed by atoms with van der Waals surface area (Å²) in [6.07, 6.45) is 3.10. The number of nitrogens with zero attached hydrogens (tertiary/aromatic N) is 2. The Hall–Kier alpha value is -2.63. The molecule has 0 aliphatic rings. The number of carbonyl (C=O) groups excluding carboxylic acids is 1. The van der Waals surface area contributed by atoms with Gasteiger partial charge in [-0.2, -0.15) is 0 Å². The highest BCUT2D eigenvalue weighted by Crippen LogP contribution is 2.20. The molecule has 0 aromatic carbocycles. The maximum atomic E-state index is 12.2. The highest BCUT2D eigenvalue weighted by atomic mass is 16.3. The molecule has 0 aliphatic carbocycles. The van der Waals surface area contributed by atoms with E-state index >= 15 is 0 Å². The lowest BCUT2D eigenvalue weighted by Gasteiger charge is -2.13. The number of anilines is 2. The van der Waals surface area contributed by atoms with Gasteiger partial charge in [0, 0.05) is 18.4 Å². The number of pyridine rings is 2. The number of rotatable bonds is 4. The molecule has 0 atom stereocenters. The first-order valence-corrected chi connectivity index (χ1v) is 6.25. The van der Waals surface area contributed by atoms with E-state index < -0.39 is 0 Å². The van der Waals surface area contributed by atoms with Gasteiger partial charge in [-0.1, -0.05) is 0 Å². The van der Waals surface area contributed by atoms with Crippen LogP contribution in [0, 0.1) is 0 Å². The topological polar surface area (TPSA) is 87.1 Å². The van der Waals surface area contributed by atoms with Crippen molar-refractivity contribution in [3.63, 3.8) is 0 Å². The van der Waals surface area contributed by atoms with Crippen LogP contribution in [-0.2, 0) is 0 Å². The second-order valence-electron chi connectivity index (χ2n) is 4.52. The van der Waals surface area contributed by atoms with E-state index in [1.54, 1.807) is 24.4 Å². The molecule has 0 spiro atoms. The van der Waals surface area contributed by atoms with E-state index in [1.165, 1.54) is 12.3 Å². The van der Waals surface area contributed by atoms with Crippen LogP contribution in [0.1, 0.15) is 24.2 Å². The zero-order valence-electron chi connectivity index (χ0n) is 11.3. The number of carbonyl (C=O) groups is 1. The van der Waals surface area contributed by atoms with Crippen LogP contribution >= 0.6 is 0 Å². The second kappa shape index (κ2) is 6.01. The van der Waals surface area contributed by atoms with Crippen molar-refractivity contribution in [3.05, 3.63) is 42.2 Å². The Bertz CT molecular complexity index is 614. The fourth-order valence-corrected chi connectivity index (χ4v) is 1.64. The summed E-state index contributed by atoms with van der Waals surface area (Å²) in [5, 5.41) is 15.3. The standard InChI is InChI=1S/C14H16N4O2/c1-9(2)17-12-10(5-3-7-15-12)14(20)18-13-11(19)6-4-8-16-13/h3-9,19H,1-2H3,(H,15,17)(H,16,18,20). The second-order valence-corrected chi connectivity index (χ2v) is 4.52. The number of hydrogen-bond acceptors (Lipinski definition) is 5. The van der Waals surface area contributed by atoms with Gasteiger partial charge in [-0.25, -0.2) is 9.97 Å². The third-order valence-electron chi connectivity index (χ3n) is 2.50. The molecule has 104 valence electrons. The lowest BCUT2D eigenvalue weighted by atomic mass is 10.2. The van der Waals surface area contributed by atoms with Gasteiger partial charge >= 0.3 is 0 Å². The van der Waals surface area contributed by atoms with Crippen LogP contribution in [0.4, 0.5) is 11.6 Å². The van der Waals surface area contributed by atoms with Crippen LogP contribution in [-0.4, -0.2) is 27.0 Å². The van der Waals surface area contributed by atoms with Gasteiger partial charge in [-0.3, -0.25) is 4.79 Å². The molecule has 0 bridgehead atoms. The van der Waals surface area contributed by atoms with Gasteiger partial charge < -0.3 is 15.7 Å². The Morgan fingerprint density at radius 2 is 1.80 bits per heavy atom. The van der Waals surface area contributed by atoms with Gasteiger partial charge in [0.15, 0.2) is 11.6 Å². The average molecular weight is 272 g/mol. The SMILES string of the molecule is CC(C)Nc1ncccc1C(=O)Nc1ncccc1O. The normalized spacial score (nSPS) is 10.3. The Labute approximate surface area is 116 Å². The van der Waals surface area contributed by atoms with E-state index in [2.05, 4.69) is 20.6 Å². The van der Waals surface area contributed by atoms with Gasteiger partial charge in [-0.05, 0) is 38.1 Å². The van der Waals surface area contributed by atoms with Gasteiger partial charge in [0.05, 0.1) is 5.56 Å². The largest absolute Gasteiger partial charge is 0.504 e. The Morgan fingerprint density at radius 1 is 1.15 bits per heavy atom. The van der Waals surface area contributed by atoms with Crippen LogP contribution in [0.2, 0.25) is 0 Å². The fourth-order valence-electron chi connectivity index (χ4n) is 1.64. The summed E-state index contributed by atoms with van der Waals surface area (Å²) in [4.78, 5) is 20.3. The lowest BCUT2D eigenvalue weighted by Crippen LogP contribution is -2.19. The molecule has 1 amide bonds. The van der Waals surface area contributed by atoms with E-state index in [0.717, 1.165) is 0 Å². The molecule has 2 rings (SSSR count). The minimum Gasteiger partial charge on any atom is -0.504 e. The Morgan fingerprint density at radius 3 is 2.45 bits per heavy atom. The van der Waals surface area contributed by atoms with Crippen LogP contribution < -0.4 is 10.6 Å². The molecule has 20 heavy (non-hydrogen) atoms. The number of amides is 1. The van der Waals surface area contributed by atoms with Crippen molar-refractivity contribution < 1.29 is 9.90 Å². The first-order chi connectivity index (χ1) is 9.58. The van der Waals surface area contributed by atoms with Crippen molar-refractivity contribution in [2.45, 2.75) is 19.9 Å². The van der Waals surface area contributed by atoms with Crippen molar-refractivity contribution >= 4 is 17.5 Å². The summed E-state index contributed by atoms with van der Waals surface area (Å²) in [5.41, 5.74) is 0.395. The number of aromatic nitrogens is 2. The van der Waals surface area contributed by atoms with E-state index in [0.29, 0.717) is 11.4 Å². The van der Waals surface area contributed by atoms with Crippen molar-refractivity contribution in [1.82, 2.24) is 9.97 Å². The summed E-state index contributed by atoms with van der Waals surface area (Å²) >= 11 is 0. The summed E-state index contributed by atoms with van der Waals surface area (Å²) < 4.78 is 0. The lowest BCUT2D eigenvalue weighted by molar-refractivity contribution is 0.102. The number of aromatic hydroxyl groups is 1. The van der Waals surface area contributed by atoms with Crippen LogP contribution in [0.3, 0.4) is 0 Å². The number of hydrogen-bond donors (Lipinski definition) is 3. The molecule has 6 nitrogen and oxygen atoms in total. The van der Waals surface area contributed by atoms with Crippen LogP contribution in [0.5, 0.6) is 5.75 Å². The molecule has 2 aromatic heterocycles. The van der Waals surface area contributed by atoms with Gasteiger partial charge in [0.25, 0.3) is 5.91 Å². The van der Waals surface area contributed by atoms with E-state index in [-0.39, 0.29) is 23.5 Å². The zero-order valence-corrected chi connectivity index (χ0v) is 11.3. The minimum atomic E-state index is -0.379. The maximum Gasteiger partial charge on any atom is 0.260 e. The van der Waals surface area contributed by atoms with E-state index in [4.69, 9.17) is 0 Å². The van der Waals surface area contributed by atoms with Crippen molar-refractivity contribution in [2.75, 3.05) is 10.6 Å². The Balaban J connectivity index is 2.23. The Kier molecular flexibility index (Phi) is 4.14. The molecule has 2 heterocycles. The quantitative estimate of drug-likeness (QED) is 0.794. The summed E-state index contributed by atoms with van der Waals surface area (Å²) in [7, 11) is 0. The summed E-state index contributed by atoms with van der Waals surface area (Å²) in [6.45, 7) is 3.92. The van der Waals surface area contributed by atoms with E-state index in [9.17, 15) is 9.90 Å². The van der Waals surface area contributed by atoms with Gasteiger partial charge in [-0.15, -0.1) is 0 Å². The fraction of sp³-hybridized carbons (Fsp3) is 0.214. The molecule has 0 fully saturated rings. The predicted octanol–water partition coefficient (Wildman–Crippen LogP) is 2.25. The van der Waals surface area contributed by atoms with Gasteiger partial charge in [0.1, 0.15) is 5.82 Å². The summed E-state index contributed by atoms with van der Waals surface area (Å²) in [5.74, 6) is 0.158. The first kappa shape index (κ1) is 13.8. The van der Waals surface area contributed by atoms with Crippen molar-refractivity contribution in [2.24, 2.45) is 0 Å². The highest BCUT2D eigenvalue weighted by Gasteiger charge is 2.14. The molecule has 0 saturated heterocycles. The summed E-state index contributed by atoms with van der Waals surface area (Å²) in [6, 6.07) is 6.53. The minimum absolute atomic E-state index is 0.0805. The molecule has 0 saturated carbocycles. The maximum absolute atomic E-state index is 12.2. The average Bonchev–Trinajstić information content (AvgIpc) is 2.41. The number of nitrogens with one attached hydrogen (secondary N) is 2. The molecule has 0 unspecified atom stereocenters. The smallest absolute Gasteiger partial charge is 0.260 e.